The summed E-state index contributed by atoms with van der Waals surface area (Å²) in [5.74, 6) is 1.55. The molecule has 0 saturated heterocycles. The van der Waals surface area contributed by atoms with Crippen molar-refractivity contribution in [1.82, 2.24) is 9.80 Å². The van der Waals surface area contributed by atoms with Crippen molar-refractivity contribution >= 4 is 0 Å². The maximum atomic E-state index is 9.68. The molecule has 0 fully saturated rings. The molecule has 0 heterocycles. The van der Waals surface area contributed by atoms with Crippen LogP contribution in [0.1, 0.15) is 24.0 Å². The number of ether oxygens (including phenoxy) is 2. The fourth-order valence-corrected chi connectivity index (χ4v) is 4.43. The number of nitriles is 1. The predicted octanol–water partition coefficient (Wildman–Crippen LogP) is 2.22. The number of nitrogens with zero attached hydrogens (tertiary/aromatic N) is 4. The first-order chi connectivity index (χ1) is 19.3. The molecule has 0 amide bonds. The van der Waals surface area contributed by atoms with Gasteiger partial charge in [0.15, 0.2) is 0 Å². The highest BCUT2D eigenvalue weighted by Crippen LogP contribution is 2.35. The van der Waals surface area contributed by atoms with Crippen molar-refractivity contribution in [2.45, 2.75) is 38.9 Å². The molecule has 10 heteroatoms. The van der Waals surface area contributed by atoms with E-state index in [0.717, 1.165) is 33.8 Å². The van der Waals surface area contributed by atoms with Crippen molar-refractivity contribution in [3.8, 4) is 28.7 Å². The molecule has 0 aliphatic rings. The first-order valence-corrected chi connectivity index (χ1v) is 13.5. The summed E-state index contributed by atoms with van der Waals surface area (Å²) in [6.45, 7) is 13.3. The van der Waals surface area contributed by atoms with Gasteiger partial charge in [-0.3, -0.25) is 9.74 Å². The summed E-state index contributed by atoms with van der Waals surface area (Å²) in [7, 11) is 0. The zero-order valence-corrected chi connectivity index (χ0v) is 23.5. The van der Waals surface area contributed by atoms with Crippen LogP contribution in [0.5, 0.6) is 11.5 Å². The van der Waals surface area contributed by atoms with Crippen LogP contribution in [0.2, 0.25) is 0 Å². The molecule has 2 aromatic rings. The number of aliphatic hydroxyl groups is 4. The molecule has 218 valence electrons. The summed E-state index contributed by atoms with van der Waals surface area (Å²) in [6.07, 6.45) is -0.405. The lowest BCUT2D eigenvalue weighted by molar-refractivity contribution is 0.0609. The Labute approximate surface area is 237 Å². The van der Waals surface area contributed by atoms with Gasteiger partial charge in [-0.05, 0) is 61.1 Å². The van der Waals surface area contributed by atoms with Gasteiger partial charge in [-0.2, -0.15) is 5.26 Å². The van der Waals surface area contributed by atoms with Gasteiger partial charge in [0.2, 0.25) is 0 Å². The number of aliphatic hydroxyl groups excluding tert-OH is 4. The molecule has 0 radical (unpaired) electrons. The van der Waals surface area contributed by atoms with Crippen LogP contribution in [0.15, 0.2) is 36.4 Å². The molecule has 0 aromatic heterocycles. The van der Waals surface area contributed by atoms with Crippen molar-refractivity contribution in [1.29, 1.82) is 5.26 Å². The highest BCUT2D eigenvalue weighted by atomic mass is 16.5. The summed E-state index contributed by atoms with van der Waals surface area (Å²) < 4.78 is 12.2. The summed E-state index contributed by atoms with van der Waals surface area (Å²) in [5, 5.41) is 46.5. The molecule has 0 aliphatic carbocycles. The number of rotatable bonds is 19. The Morgan fingerprint density at radius 3 is 1.77 bits per heavy atom. The van der Waals surface area contributed by atoms with E-state index >= 15 is 0 Å². The second-order valence-corrected chi connectivity index (χ2v) is 9.70. The summed E-state index contributed by atoms with van der Waals surface area (Å²) >= 11 is 0. The minimum Gasteiger partial charge on any atom is -0.493 e. The molecule has 2 aromatic carbocycles. The largest absolute Gasteiger partial charge is 0.493 e. The highest BCUT2D eigenvalue weighted by Gasteiger charge is 2.15. The minimum absolute atomic E-state index is 0.161. The topological polar surface area (TPSA) is 134 Å². The van der Waals surface area contributed by atoms with E-state index < -0.39 is 12.2 Å². The molecular weight excluding hydrogens is 512 g/mol. The van der Waals surface area contributed by atoms with Crippen molar-refractivity contribution in [2.75, 3.05) is 65.8 Å². The van der Waals surface area contributed by atoms with Crippen molar-refractivity contribution in [3.05, 3.63) is 58.9 Å². The molecule has 10 nitrogen and oxygen atoms in total. The molecule has 0 aliphatic heterocycles. The average molecular weight is 555 g/mol. The molecule has 0 saturated carbocycles. The molecule has 2 rings (SSSR count). The lowest BCUT2D eigenvalue weighted by Crippen LogP contribution is -2.35. The van der Waals surface area contributed by atoms with E-state index in [2.05, 4.69) is 10.9 Å². The summed E-state index contributed by atoms with van der Waals surface area (Å²) in [5.41, 5.74) is 4.09. The molecular formula is C30H42N4O6. The molecule has 0 unspecified atom stereocenters. The number of benzene rings is 2. The van der Waals surface area contributed by atoms with Crippen LogP contribution in [-0.2, 0) is 0 Å². The quantitative estimate of drug-likeness (QED) is 0.117. The van der Waals surface area contributed by atoms with Crippen molar-refractivity contribution < 1.29 is 29.9 Å². The van der Waals surface area contributed by atoms with Gasteiger partial charge in [-0.15, -0.1) is 0 Å². The molecule has 40 heavy (non-hydrogen) atoms. The summed E-state index contributed by atoms with van der Waals surface area (Å²) in [6, 6.07) is 14.0. The van der Waals surface area contributed by atoms with Crippen LogP contribution in [0.25, 0.3) is 16.0 Å². The third kappa shape index (κ3) is 10.7. The van der Waals surface area contributed by atoms with E-state index in [-0.39, 0.29) is 39.5 Å². The first kappa shape index (κ1) is 33.0. The summed E-state index contributed by atoms with van der Waals surface area (Å²) in [4.78, 5) is 6.98. The smallest absolute Gasteiger partial charge is 0.270 e. The predicted molar refractivity (Wildman–Crippen MR) is 153 cm³/mol. The second-order valence-electron chi connectivity index (χ2n) is 9.70. The Morgan fingerprint density at radius 1 is 0.850 bits per heavy atom. The standard InChI is InChI=1S/C30H42N4O6/c1-23-27(8-4-10-29(23)39-16-6-13-33(15-12-31)18-25(37)20-35)28-9-5-11-30(24(28)2)40-17-7-14-34(22-32-3)19-26(38)21-36/h4-5,8-11,25-26,35-38H,6-7,13-22H2,1-2H3/t25-,26-/m0/s1. The highest BCUT2D eigenvalue weighted by molar-refractivity contribution is 5.74. The van der Waals surface area contributed by atoms with Crippen LogP contribution in [0.4, 0.5) is 0 Å². The molecule has 0 spiro atoms. The Morgan fingerprint density at radius 2 is 1.32 bits per heavy atom. The second kappa shape index (κ2) is 18.2. The van der Waals surface area contributed by atoms with E-state index in [1.54, 1.807) is 9.80 Å². The Balaban J connectivity index is 1.99. The van der Waals surface area contributed by atoms with E-state index in [4.69, 9.17) is 31.5 Å². The fraction of sp³-hybridized carbons (Fsp3) is 0.533. The van der Waals surface area contributed by atoms with E-state index in [0.29, 0.717) is 39.1 Å². The average Bonchev–Trinajstić information content (AvgIpc) is 2.95. The monoisotopic (exact) mass is 554 g/mol. The third-order valence-electron chi connectivity index (χ3n) is 6.54. The van der Waals surface area contributed by atoms with Gasteiger partial charge in [0, 0.05) is 26.2 Å². The van der Waals surface area contributed by atoms with Gasteiger partial charge in [0.05, 0.1) is 51.2 Å². The minimum atomic E-state index is -0.874. The van der Waals surface area contributed by atoms with Crippen molar-refractivity contribution in [3.63, 3.8) is 0 Å². The van der Waals surface area contributed by atoms with Crippen LogP contribution in [-0.4, -0.2) is 108 Å². The number of hydrogen-bond acceptors (Lipinski definition) is 9. The van der Waals surface area contributed by atoms with E-state index in [9.17, 15) is 10.2 Å². The van der Waals surface area contributed by atoms with E-state index in [1.165, 1.54) is 0 Å². The van der Waals surface area contributed by atoms with E-state index in [1.807, 2.05) is 50.2 Å². The lowest BCUT2D eigenvalue weighted by atomic mass is 9.95. The molecule has 2 atom stereocenters. The van der Waals surface area contributed by atoms with Gasteiger partial charge in [0.1, 0.15) is 11.5 Å². The van der Waals surface area contributed by atoms with Gasteiger partial charge < -0.3 is 29.9 Å². The van der Waals surface area contributed by atoms with Crippen LogP contribution < -0.4 is 9.47 Å². The first-order valence-electron chi connectivity index (χ1n) is 13.5. The fourth-order valence-electron chi connectivity index (χ4n) is 4.43. The molecule has 4 N–H and O–H groups in total. The normalized spacial score (nSPS) is 12.7. The SMILES string of the molecule is [C-]#[N+]CN(CCCOc1cccc(-c2cccc(OCCCN(CC#N)C[C@H](O)CO)c2C)c1C)C[C@H](O)CO. The Bertz CT molecular complexity index is 1030. The van der Waals surface area contributed by atoms with Gasteiger partial charge in [-0.1, -0.05) is 24.3 Å². The Hall–Kier alpha value is -3.22. The van der Waals surface area contributed by atoms with Gasteiger partial charge in [0.25, 0.3) is 6.67 Å². The van der Waals surface area contributed by atoms with Crippen LogP contribution in [0.3, 0.4) is 0 Å². The van der Waals surface area contributed by atoms with Gasteiger partial charge in [-0.25, -0.2) is 11.5 Å². The maximum Gasteiger partial charge on any atom is 0.270 e. The van der Waals surface area contributed by atoms with Gasteiger partial charge >= 0.3 is 0 Å². The maximum absolute atomic E-state index is 9.68. The molecule has 0 bridgehead atoms. The Kier molecular flexibility index (Phi) is 15.0. The lowest BCUT2D eigenvalue weighted by Gasteiger charge is -2.21. The van der Waals surface area contributed by atoms with Crippen LogP contribution in [0, 0.1) is 31.8 Å². The van der Waals surface area contributed by atoms with Crippen LogP contribution >= 0.6 is 0 Å². The zero-order chi connectivity index (χ0) is 29.3. The van der Waals surface area contributed by atoms with Crippen molar-refractivity contribution in [2.24, 2.45) is 0 Å². The zero-order valence-electron chi connectivity index (χ0n) is 23.5. The number of hydrogen-bond donors (Lipinski definition) is 4. The third-order valence-corrected chi connectivity index (χ3v) is 6.54.